The lowest BCUT2D eigenvalue weighted by Gasteiger charge is -2.12. The summed E-state index contributed by atoms with van der Waals surface area (Å²) in [6, 6.07) is 14.0. The van der Waals surface area contributed by atoms with E-state index in [1.54, 1.807) is 6.07 Å². The maximum Gasteiger partial charge on any atom is 0.247 e. The van der Waals surface area contributed by atoms with E-state index in [0.717, 1.165) is 11.3 Å². The van der Waals surface area contributed by atoms with E-state index in [4.69, 9.17) is 5.73 Å². The van der Waals surface area contributed by atoms with Crippen molar-refractivity contribution in [1.29, 1.82) is 0 Å². The molecule has 0 aliphatic rings. The number of benzene rings is 1. The first-order chi connectivity index (χ1) is 8.66. The Bertz CT molecular complexity index is 540. The largest absolute Gasteiger partial charge is 0.316 e. The normalized spacial score (nSPS) is 11.9. The standard InChI is InChI=1S/C14H15N3O/c1-10-6-5-9-12(16-10)17-14(18)13(15)11-7-3-2-4-8-11/h2-9,13H,15H2,1H3,(H,16,17,18)/t13-/m0/s1. The van der Waals surface area contributed by atoms with Crippen molar-refractivity contribution in [2.24, 2.45) is 5.73 Å². The zero-order chi connectivity index (χ0) is 13.0. The van der Waals surface area contributed by atoms with Crippen LogP contribution in [0.3, 0.4) is 0 Å². The molecule has 0 radical (unpaired) electrons. The molecule has 0 aliphatic carbocycles. The van der Waals surface area contributed by atoms with Crippen LogP contribution in [0.25, 0.3) is 0 Å². The van der Waals surface area contributed by atoms with Crippen molar-refractivity contribution < 1.29 is 4.79 Å². The minimum absolute atomic E-state index is 0.265. The number of rotatable bonds is 3. The zero-order valence-electron chi connectivity index (χ0n) is 10.1. The molecule has 2 rings (SSSR count). The van der Waals surface area contributed by atoms with Crippen LogP contribution in [-0.2, 0) is 4.79 Å². The Hall–Kier alpha value is -2.20. The number of carbonyl (C=O) groups is 1. The number of amides is 1. The minimum atomic E-state index is -0.687. The molecule has 0 bridgehead atoms. The van der Waals surface area contributed by atoms with Crippen LogP contribution in [0.4, 0.5) is 5.82 Å². The molecule has 1 atom stereocenters. The number of nitrogens with two attached hydrogens (primary N) is 1. The van der Waals surface area contributed by atoms with Crippen molar-refractivity contribution in [2.45, 2.75) is 13.0 Å². The molecule has 1 heterocycles. The number of anilines is 1. The van der Waals surface area contributed by atoms with E-state index in [0.29, 0.717) is 5.82 Å². The summed E-state index contributed by atoms with van der Waals surface area (Å²) in [7, 11) is 0. The number of nitrogens with zero attached hydrogens (tertiary/aromatic N) is 1. The second kappa shape index (κ2) is 5.42. The van der Waals surface area contributed by atoms with Gasteiger partial charge < -0.3 is 11.1 Å². The highest BCUT2D eigenvalue weighted by Crippen LogP contribution is 2.12. The molecule has 4 nitrogen and oxygen atoms in total. The van der Waals surface area contributed by atoms with E-state index in [-0.39, 0.29) is 5.91 Å². The topological polar surface area (TPSA) is 68.0 Å². The molecule has 0 spiro atoms. The fourth-order valence-corrected chi connectivity index (χ4v) is 1.63. The van der Waals surface area contributed by atoms with Crippen LogP contribution in [0, 0.1) is 6.92 Å². The third-order valence-corrected chi connectivity index (χ3v) is 2.58. The maximum atomic E-state index is 11.9. The minimum Gasteiger partial charge on any atom is -0.316 e. The summed E-state index contributed by atoms with van der Waals surface area (Å²) in [5.74, 6) is 0.255. The van der Waals surface area contributed by atoms with Gasteiger partial charge in [0, 0.05) is 5.69 Å². The van der Waals surface area contributed by atoms with Gasteiger partial charge in [0.2, 0.25) is 5.91 Å². The molecule has 0 fully saturated rings. The van der Waals surface area contributed by atoms with Gasteiger partial charge in [-0.2, -0.15) is 0 Å². The van der Waals surface area contributed by atoms with Gasteiger partial charge in [-0.15, -0.1) is 0 Å². The van der Waals surface area contributed by atoms with Crippen molar-refractivity contribution in [3.8, 4) is 0 Å². The molecular formula is C14H15N3O. The van der Waals surface area contributed by atoms with Gasteiger partial charge in [0.15, 0.2) is 0 Å². The SMILES string of the molecule is Cc1cccc(NC(=O)[C@@H](N)c2ccccc2)n1. The van der Waals surface area contributed by atoms with Gasteiger partial charge in [-0.1, -0.05) is 36.4 Å². The summed E-state index contributed by atoms with van der Waals surface area (Å²) in [4.78, 5) is 16.1. The molecule has 0 saturated carbocycles. The highest BCUT2D eigenvalue weighted by molar-refractivity contribution is 5.94. The van der Waals surface area contributed by atoms with Gasteiger partial charge in [-0.3, -0.25) is 4.79 Å². The van der Waals surface area contributed by atoms with Crippen LogP contribution in [-0.4, -0.2) is 10.9 Å². The molecule has 92 valence electrons. The first-order valence-electron chi connectivity index (χ1n) is 5.72. The molecule has 0 aliphatic heterocycles. The monoisotopic (exact) mass is 241 g/mol. The van der Waals surface area contributed by atoms with E-state index in [2.05, 4.69) is 10.3 Å². The van der Waals surface area contributed by atoms with Crippen LogP contribution in [0.1, 0.15) is 17.3 Å². The molecule has 4 heteroatoms. The molecule has 0 saturated heterocycles. The highest BCUT2D eigenvalue weighted by atomic mass is 16.2. The number of pyridine rings is 1. The molecule has 1 aromatic heterocycles. The summed E-state index contributed by atoms with van der Waals surface area (Å²) in [5, 5.41) is 2.71. The fourth-order valence-electron chi connectivity index (χ4n) is 1.63. The molecule has 1 amide bonds. The Morgan fingerprint density at radius 1 is 1.17 bits per heavy atom. The Morgan fingerprint density at radius 2 is 1.89 bits per heavy atom. The third-order valence-electron chi connectivity index (χ3n) is 2.58. The van der Waals surface area contributed by atoms with Gasteiger partial charge >= 0.3 is 0 Å². The third kappa shape index (κ3) is 2.93. The van der Waals surface area contributed by atoms with E-state index in [9.17, 15) is 4.79 Å². The van der Waals surface area contributed by atoms with Gasteiger partial charge in [0.1, 0.15) is 11.9 Å². The summed E-state index contributed by atoms with van der Waals surface area (Å²) >= 11 is 0. The van der Waals surface area contributed by atoms with Crippen LogP contribution < -0.4 is 11.1 Å². The summed E-state index contributed by atoms with van der Waals surface area (Å²) in [6.45, 7) is 1.87. The lowest BCUT2D eigenvalue weighted by Crippen LogP contribution is -2.28. The first kappa shape index (κ1) is 12.3. The Morgan fingerprint density at radius 3 is 2.56 bits per heavy atom. The first-order valence-corrected chi connectivity index (χ1v) is 5.72. The van der Waals surface area contributed by atoms with Gasteiger partial charge in [-0.25, -0.2) is 4.98 Å². The molecule has 0 unspecified atom stereocenters. The summed E-state index contributed by atoms with van der Waals surface area (Å²) < 4.78 is 0. The lowest BCUT2D eigenvalue weighted by atomic mass is 10.1. The predicted molar refractivity (Wildman–Crippen MR) is 71.0 cm³/mol. The van der Waals surface area contributed by atoms with Crippen molar-refractivity contribution in [3.63, 3.8) is 0 Å². The summed E-state index contributed by atoms with van der Waals surface area (Å²) in [5.41, 5.74) is 7.51. The predicted octanol–water partition coefficient (Wildman–Crippen LogP) is 2.03. The number of hydrogen-bond acceptors (Lipinski definition) is 3. The second-order valence-corrected chi connectivity index (χ2v) is 4.04. The van der Waals surface area contributed by atoms with Crippen molar-refractivity contribution in [2.75, 3.05) is 5.32 Å². The fraction of sp³-hybridized carbons (Fsp3) is 0.143. The average Bonchev–Trinajstić information content (AvgIpc) is 2.39. The van der Waals surface area contributed by atoms with E-state index in [1.165, 1.54) is 0 Å². The Labute approximate surface area is 106 Å². The molecule has 2 aromatic rings. The van der Waals surface area contributed by atoms with E-state index >= 15 is 0 Å². The summed E-state index contributed by atoms with van der Waals surface area (Å²) in [6.07, 6.45) is 0. The van der Waals surface area contributed by atoms with E-state index in [1.807, 2.05) is 49.4 Å². The number of hydrogen-bond donors (Lipinski definition) is 2. The molecule has 3 N–H and O–H groups in total. The van der Waals surface area contributed by atoms with Gasteiger partial charge in [-0.05, 0) is 24.6 Å². The zero-order valence-corrected chi connectivity index (χ0v) is 10.1. The van der Waals surface area contributed by atoms with Crippen molar-refractivity contribution in [3.05, 3.63) is 59.8 Å². The lowest BCUT2D eigenvalue weighted by molar-refractivity contribution is -0.117. The van der Waals surface area contributed by atoms with Gasteiger partial charge in [0.25, 0.3) is 0 Å². The van der Waals surface area contributed by atoms with Crippen LogP contribution in [0.2, 0.25) is 0 Å². The van der Waals surface area contributed by atoms with Crippen LogP contribution >= 0.6 is 0 Å². The smallest absolute Gasteiger partial charge is 0.247 e. The molecular weight excluding hydrogens is 226 g/mol. The number of aryl methyl sites for hydroxylation is 1. The van der Waals surface area contributed by atoms with Crippen molar-refractivity contribution >= 4 is 11.7 Å². The Balaban J connectivity index is 2.09. The molecule has 18 heavy (non-hydrogen) atoms. The second-order valence-electron chi connectivity index (χ2n) is 4.04. The van der Waals surface area contributed by atoms with Gasteiger partial charge in [0.05, 0.1) is 0 Å². The maximum absolute atomic E-state index is 11.9. The van der Waals surface area contributed by atoms with E-state index < -0.39 is 6.04 Å². The highest BCUT2D eigenvalue weighted by Gasteiger charge is 2.15. The number of carbonyl (C=O) groups excluding carboxylic acids is 1. The quantitative estimate of drug-likeness (QED) is 0.864. The van der Waals surface area contributed by atoms with Crippen molar-refractivity contribution in [1.82, 2.24) is 4.98 Å². The van der Waals surface area contributed by atoms with Crippen LogP contribution in [0.5, 0.6) is 0 Å². The van der Waals surface area contributed by atoms with Crippen LogP contribution in [0.15, 0.2) is 48.5 Å². The Kier molecular flexibility index (Phi) is 3.69. The average molecular weight is 241 g/mol. The molecule has 1 aromatic carbocycles. The number of aromatic nitrogens is 1. The number of nitrogens with one attached hydrogen (secondary N) is 1.